The number of benzene rings is 1. The Balaban J connectivity index is 2.35. The van der Waals surface area contributed by atoms with E-state index < -0.39 is 0 Å². The summed E-state index contributed by atoms with van der Waals surface area (Å²) in [6, 6.07) is 5.60. The monoisotopic (exact) mass is 343 g/mol. The Morgan fingerprint density at radius 3 is 3.00 bits per heavy atom. The highest BCUT2D eigenvalue weighted by molar-refractivity contribution is 9.10. The lowest BCUT2D eigenvalue weighted by molar-refractivity contribution is 0.531. The summed E-state index contributed by atoms with van der Waals surface area (Å²) in [5.74, 6) is 0.761. The van der Waals surface area contributed by atoms with E-state index in [0.29, 0.717) is 5.02 Å². The summed E-state index contributed by atoms with van der Waals surface area (Å²) in [5.41, 5.74) is 0.831. The Bertz CT molecular complexity index is 557. The van der Waals surface area contributed by atoms with Crippen LogP contribution in [0.5, 0.6) is 0 Å². The van der Waals surface area contributed by atoms with Crippen LogP contribution in [0.2, 0.25) is 5.02 Å². The summed E-state index contributed by atoms with van der Waals surface area (Å²) in [4.78, 5) is 0. The van der Waals surface area contributed by atoms with Crippen LogP contribution in [0, 0.1) is 0 Å². The predicted octanol–water partition coefficient (Wildman–Crippen LogP) is 3.14. The van der Waals surface area contributed by atoms with Crippen LogP contribution in [0.3, 0.4) is 0 Å². The third-order valence-electron chi connectivity index (χ3n) is 2.72. The van der Waals surface area contributed by atoms with Crippen molar-refractivity contribution in [3.05, 3.63) is 33.5 Å². The highest BCUT2D eigenvalue weighted by Crippen LogP contribution is 2.25. The van der Waals surface area contributed by atoms with Gasteiger partial charge >= 0.3 is 0 Å². The molecule has 0 aliphatic rings. The van der Waals surface area contributed by atoms with Crippen LogP contribution in [-0.2, 0) is 0 Å². The molecule has 5 nitrogen and oxygen atoms in total. The lowest BCUT2D eigenvalue weighted by atomic mass is 10.2. The summed E-state index contributed by atoms with van der Waals surface area (Å²) >= 11 is 9.52. The van der Waals surface area contributed by atoms with Gasteiger partial charge in [0.05, 0.1) is 11.7 Å². The van der Waals surface area contributed by atoms with Gasteiger partial charge in [-0.1, -0.05) is 18.5 Å². The van der Waals surface area contributed by atoms with E-state index in [2.05, 4.69) is 43.7 Å². The van der Waals surface area contributed by atoms with Crippen molar-refractivity contribution in [2.45, 2.75) is 26.3 Å². The number of tetrazole rings is 1. The zero-order valence-corrected chi connectivity index (χ0v) is 13.1. The molecular weight excluding hydrogens is 330 g/mol. The SMILES string of the molecule is CCCNC(C)c1nnnn1-c1cc(Cl)ccc1Br. The highest BCUT2D eigenvalue weighted by atomic mass is 79.9. The standard InChI is InChI=1S/C12H15BrClN5/c1-3-6-15-8(2)12-16-17-18-19(12)11-7-9(14)4-5-10(11)13/h4-5,7-8,15H,3,6H2,1-2H3. The van der Waals surface area contributed by atoms with Gasteiger partial charge < -0.3 is 5.32 Å². The maximum absolute atomic E-state index is 6.03. The molecule has 1 atom stereocenters. The van der Waals surface area contributed by atoms with E-state index in [1.165, 1.54) is 0 Å². The Kier molecular flexibility index (Phi) is 4.90. The number of hydrogen-bond donors (Lipinski definition) is 1. The van der Waals surface area contributed by atoms with Crippen LogP contribution < -0.4 is 5.32 Å². The first-order valence-corrected chi connectivity index (χ1v) is 7.27. The number of hydrogen-bond acceptors (Lipinski definition) is 4. The molecular formula is C12H15BrClN5. The summed E-state index contributed by atoms with van der Waals surface area (Å²) in [7, 11) is 0. The van der Waals surface area contributed by atoms with Crippen molar-refractivity contribution in [1.82, 2.24) is 25.5 Å². The molecule has 1 heterocycles. The number of aromatic nitrogens is 4. The lowest BCUT2D eigenvalue weighted by Crippen LogP contribution is -2.22. The van der Waals surface area contributed by atoms with Gasteiger partial charge in [-0.2, -0.15) is 4.68 Å². The molecule has 0 saturated heterocycles. The van der Waals surface area contributed by atoms with Crippen molar-refractivity contribution in [1.29, 1.82) is 0 Å². The van der Waals surface area contributed by atoms with E-state index >= 15 is 0 Å². The molecule has 0 fully saturated rings. The fourth-order valence-electron chi connectivity index (χ4n) is 1.74. The molecule has 0 bridgehead atoms. The molecule has 7 heteroatoms. The zero-order chi connectivity index (χ0) is 13.8. The molecule has 1 aromatic heterocycles. The summed E-state index contributed by atoms with van der Waals surface area (Å²) in [5, 5.41) is 15.9. The van der Waals surface area contributed by atoms with E-state index in [0.717, 1.165) is 29.0 Å². The van der Waals surface area contributed by atoms with Gasteiger partial charge in [-0.25, -0.2) is 0 Å². The molecule has 19 heavy (non-hydrogen) atoms. The molecule has 0 saturated carbocycles. The minimum absolute atomic E-state index is 0.0702. The molecule has 0 aliphatic carbocycles. The van der Waals surface area contributed by atoms with Crippen molar-refractivity contribution in [3.63, 3.8) is 0 Å². The van der Waals surface area contributed by atoms with Crippen LogP contribution in [0.4, 0.5) is 0 Å². The molecule has 1 unspecified atom stereocenters. The Morgan fingerprint density at radius 1 is 1.47 bits per heavy atom. The molecule has 0 aliphatic heterocycles. The molecule has 0 amide bonds. The zero-order valence-electron chi connectivity index (χ0n) is 10.8. The summed E-state index contributed by atoms with van der Waals surface area (Å²) in [6.07, 6.45) is 1.06. The van der Waals surface area contributed by atoms with Crippen molar-refractivity contribution < 1.29 is 0 Å². The first-order valence-electron chi connectivity index (χ1n) is 6.10. The Hall–Kier alpha value is -0.980. The first kappa shape index (κ1) is 14.4. The third kappa shape index (κ3) is 3.32. The fourth-order valence-corrected chi connectivity index (χ4v) is 2.32. The molecule has 0 radical (unpaired) electrons. The van der Waals surface area contributed by atoms with Gasteiger partial charge in [-0.15, -0.1) is 5.10 Å². The van der Waals surface area contributed by atoms with Gasteiger partial charge in [0.15, 0.2) is 5.82 Å². The summed E-state index contributed by atoms with van der Waals surface area (Å²) in [6.45, 7) is 5.08. The van der Waals surface area contributed by atoms with Crippen molar-refractivity contribution in [2.24, 2.45) is 0 Å². The van der Waals surface area contributed by atoms with E-state index in [1.54, 1.807) is 4.68 Å². The molecule has 2 rings (SSSR count). The van der Waals surface area contributed by atoms with Gasteiger partial charge in [0, 0.05) is 9.50 Å². The second-order valence-electron chi connectivity index (χ2n) is 4.22. The maximum Gasteiger partial charge on any atom is 0.173 e. The highest BCUT2D eigenvalue weighted by Gasteiger charge is 2.16. The first-order chi connectivity index (χ1) is 9.13. The van der Waals surface area contributed by atoms with Crippen molar-refractivity contribution in [2.75, 3.05) is 6.54 Å². The van der Waals surface area contributed by atoms with Crippen LogP contribution in [0.15, 0.2) is 22.7 Å². The van der Waals surface area contributed by atoms with Gasteiger partial charge in [0.1, 0.15) is 0 Å². The number of halogens is 2. The molecule has 2 aromatic rings. The topological polar surface area (TPSA) is 55.6 Å². The van der Waals surface area contributed by atoms with E-state index in [4.69, 9.17) is 11.6 Å². The van der Waals surface area contributed by atoms with E-state index in [-0.39, 0.29) is 6.04 Å². The predicted molar refractivity (Wildman–Crippen MR) is 78.6 cm³/mol. The molecule has 0 spiro atoms. The van der Waals surface area contributed by atoms with Crippen LogP contribution in [0.1, 0.15) is 32.1 Å². The second kappa shape index (κ2) is 6.45. The number of nitrogens with one attached hydrogen (secondary N) is 1. The average Bonchev–Trinajstić information content (AvgIpc) is 2.88. The molecule has 1 aromatic carbocycles. The average molecular weight is 345 g/mol. The van der Waals surface area contributed by atoms with Gasteiger partial charge in [-0.05, 0) is 64.4 Å². The van der Waals surface area contributed by atoms with E-state index in [9.17, 15) is 0 Å². The smallest absolute Gasteiger partial charge is 0.173 e. The quantitative estimate of drug-likeness (QED) is 0.905. The largest absolute Gasteiger partial charge is 0.307 e. The minimum Gasteiger partial charge on any atom is -0.307 e. The van der Waals surface area contributed by atoms with Crippen molar-refractivity contribution in [3.8, 4) is 5.69 Å². The van der Waals surface area contributed by atoms with Crippen molar-refractivity contribution >= 4 is 27.5 Å². The maximum atomic E-state index is 6.03. The number of nitrogens with zero attached hydrogens (tertiary/aromatic N) is 4. The van der Waals surface area contributed by atoms with Crippen LogP contribution >= 0.6 is 27.5 Å². The third-order valence-corrected chi connectivity index (χ3v) is 3.62. The minimum atomic E-state index is 0.0702. The van der Waals surface area contributed by atoms with E-state index in [1.807, 2.05) is 25.1 Å². The Labute approximate surface area is 125 Å². The lowest BCUT2D eigenvalue weighted by Gasteiger charge is -2.13. The van der Waals surface area contributed by atoms with Gasteiger partial charge in [0.25, 0.3) is 0 Å². The van der Waals surface area contributed by atoms with Gasteiger partial charge in [0.2, 0.25) is 0 Å². The molecule has 1 N–H and O–H groups in total. The van der Waals surface area contributed by atoms with Gasteiger partial charge in [-0.3, -0.25) is 0 Å². The van der Waals surface area contributed by atoms with Crippen LogP contribution in [-0.4, -0.2) is 26.8 Å². The van der Waals surface area contributed by atoms with Crippen LogP contribution in [0.25, 0.3) is 5.69 Å². The Morgan fingerprint density at radius 2 is 2.26 bits per heavy atom. The fraction of sp³-hybridized carbons (Fsp3) is 0.417. The number of rotatable bonds is 5. The summed E-state index contributed by atoms with van der Waals surface area (Å²) < 4.78 is 2.59. The normalized spacial score (nSPS) is 12.6. The second-order valence-corrected chi connectivity index (χ2v) is 5.51. The molecule has 102 valence electrons.